The first-order valence-corrected chi connectivity index (χ1v) is 15.2. The number of unbranched alkanes of at least 4 members (excludes halogenated alkanes) is 13. The van der Waals surface area contributed by atoms with Crippen LogP contribution in [0.25, 0.3) is 4.85 Å². The lowest BCUT2D eigenvalue weighted by molar-refractivity contribution is 0.273. The summed E-state index contributed by atoms with van der Waals surface area (Å²) in [5, 5.41) is 9.03. The summed E-state index contributed by atoms with van der Waals surface area (Å²) in [7, 11) is 0. The molecule has 0 aliphatic rings. The first-order chi connectivity index (χ1) is 17.8. The quantitative estimate of drug-likeness (QED) is 0.0644. The van der Waals surface area contributed by atoms with Gasteiger partial charge in [0.1, 0.15) is 0 Å². The largest absolute Gasteiger partial charge is 0.316 e. The Hall–Kier alpha value is -1.62. The molecule has 0 aliphatic carbocycles. The summed E-state index contributed by atoms with van der Waals surface area (Å²) < 4.78 is 0. The van der Waals surface area contributed by atoms with Crippen LogP contribution < -0.4 is 0 Å². The van der Waals surface area contributed by atoms with Crippen molar-refractivity contribution in [2.24, 2.45) is 0 Å². The lowest BCUT2D eigenvalue weighted by atomic mass is 10.1. The van der Waals surface area contributed by atoms with Crippen molar-refractivity contribution in [2.45, 2.75) is 123 Å². The van der Waals surface area contributed by atoms with Crippen molar-refractivity contribution in [2.75, 3.05) is 45.8 Å². The van der Waals surface area contributed by atoms with Crippen LogP contribution in [-0.2, 0) is 0 Å². The van der Waals surface area contributed by atoms with Gasteiger partial charge in [0.25, 0.3) is 0 Å². The molecule has 0 spiro atoms. The Bertz CT molecular complexity index is 532. The lowest BCUT2D eigenvalue weighted by Crippen LogP contribution is -2.29. The monoisotopic (exact) mass is 498 g/mol. The summed E-state index contributed by atoms with van der Waals surface area (Å²) in [4.78, 5) is 8.42. The first-order valence-electron chi connectivity index (χ1n) is 15.2. The Morgan fingerprint density at radius 1 is 0.611 bits per heavy atom. The van der Waals surface area contributed by atoms with Crippen LogP contribution in [-0.4, -0.2) is 55.6 Å². The van der Waals surface area contributed by atoms with E-state index in [-0.39, 0.29) is 0 Å². The number of nitriles is 1. The van der Waals surface area contributed by atoms with E-state index in [1.165, 1.54) is 89.9 Å². The minimum Gasteiger partial charge on any atom is -0.316 e. The van der Waals surface area contributed by atoms with E-state index in [1.54, 1.807) is 0 Å². The molecular formula is C32H58N4. The number of hydrogen-bond acceptors (Lipinski definition) is 3. The molecule has 0 saturated heterocycles. The maximum absolute atomic E-state index is 9.03. The number of rotatable bonds is 27. The Labute approximate surface area is 225 Å². The van der Waals surface area contributed by atoms with E-state index < -0.39 is 0 Å². The maximum Gasteiger partial charge on any atom is 0.227 e. The summed E-state index contributed by atoms with van der Waals surface area (Å²) in [5.41, 5.74) is 0. The molecule has 0 N–H and O–H groups in total. The molecule has 4 heteroatoms. The average Bonchev–Trinajstić information content (AvgIpc) is 2.89. The van der Waals surface area contributed by atoms with E-state index in [4.69, 9.17) is 11.8 Å². The van der Waals surface area contributed by atoms with Gasteiger partial charge in [0.2, 0.25) is 6.54 Å². The number of allylic oxidation sites excluding steroid dienone is 2. The zero-order valence-corrected chi connectivity index (χ0v) is 24.1. The maximum atomic E-state index is 9.03. The third-order valence-corrected chi connectivity index (χ3v) is 6.78. The van der Waals surface area contributed by atoms with Gasteiger partial charge in [-0.15, -0.1) is 0 Å². The molecule has 36 heavy (non-hydrogen) atoms. The zero-order valence-electron chi connectivity index (χ0n) is 24.1. The Balaban J connectivity index is 4.15. The van der Waals surface area contributed by atoms with Gasteiger partial charge in [-0.1, -0.05) is 102 Å². The van der Waals surface area contributed by atoms with Crippen LogP contribution in [0, 0.1) is 17.9 Å². The van der Waals surface area contributed by atoms with Crippen molar-refractivity contribution in [1.29, 1.82) is 5.26 Å². The van der Waals surface area contributed by atoms with E-state index in [0.29, 0.717) is 13.0 Å². The molecule has 0 aromatic carbocycles. The summed E-state index contributed by atoms with van der Waals surface area (Å²) in [6.07, 6.45) is 30.7. The van der Waals surface area contributed by atoms with Crippen LogP contribution in [0.3, 0.4) is 0 Å². The van der Waals surface area contributed by atoms with Crippen molar-refractivity contribution in [1.82, 2.24) is 9.80 Å². The molecule has 0 aromatic heterocycles. The van der Waals surface area contributed by atoms with Crippen molar-refractivity contribution < 1.29 is 0 Å². The molecule has 0 rings (SSSR count). The van der Waals surface area contributed by atoms with Crippen molar-refractivity contribution in [3.05, 3.63) is 35.7 Å². The standard InChI is InChI=1S/C32H58N4/c1-4-6-8-10-12-14-16-18-20-27-35(31-24-25-33)29-22-23-30-36(32-26-34-3)28-21-19-17-15-13-11-9-7-5-2/h18-21H,4-17,22-24,26-32H2,1-2H3. The van der Waals surface area contributed by atoms with E-state index in [0.717, 1.165) is 52.1 Å². The van der Waals surface area contributed by atoms with Crippen LogP contribution in [0.15, 0.2) is 24.3 Å². The molecule has 4 nitrogen and oxygen atoms in total. The van der Waals surface area contributed by atoms with Crippen LogP contribution in [0.2, 0.25) is 0 Å². The molecule has 0 radical (unpaired) electrons. The van der Waals surface area contributed by atoms with Crippen LogP contribution >= 0.6 is 0 Å². The third kappa shape index (κ3) is 25.5. The van der Waals surface area contributed by atoms with Crippen LogP contribution in [0.1, 0.15) is 123 Å². The minimum atomic E-state index is 0.586. The molecule has 0 bridgehead atoms. The second-order valence-corrected chi connectivity index (χ2v) is 10.2. The van der Waals surface area contributed by atoms with E-state index in [1.807, 2.05) is 0 Å². The number of nitrogens with zero attached hydrogens (tertiary/aromatic N) is 4. The van der Waals surface area contributed by atoms with Gasteiger partial charge in [0.05, 0.1) is 12.6 Å². The summed E-state index contributed by atoms with van der Waals surface area (Å²) >= 11 is 0. The van der Waals surface area contributed by atoms with E-state index in [2.05, 4.69) is 58.9 Å². The Morgan fingerprint density at radius 3 is 1.56 bits per heavy atom. The predicted molar refractivity (Wildman–Crippen MR) is 158 cm³/mol. The van der Waals surface area contributed by atoms with Gasteiger partial charge in [-0.25, -0.2) is 6.57 Å². The van der Waals surface area contributed by atoms with Gasteiger partial charge in [0, 0.05) is 26.1 Å². The highest BCUT2D eigenvalue weighted by Gasteiger charge is 2.06. The smallest absolute Gasteiger partial charge is 0.227 e. The zero-order chi connectivity index (χ0) is 26.4. The van der Waals surface area contributed by atoms with Gasteiger partial charge >= 0.3 is 0 Å². The van der Waals surface area contributed by atoms with Gasteiger partial charge in [-0.05, 0) is 51.6 Å². The normalized spacial score (nSPS) is 11.7. The Kier molecular flexibility index (Phi) is 28.3. The minimum absolute atomic E-state index is 0.586. The molecule has 0 heterocycles. The molecule has 0 fully saturated rings. The summed E-state index contributed by atoms with van der Waals surface area (Å²) in [6, 6.07) is 2.31. The van der Waals surface area contributed by atoms with Gasteiger partial charge in [-0.2, -0.15) is 5.26 Å². The molecule has 206 valence electrons. The second kappa shape index (κ2) is 29.6. The lowest BCUT2D eigenvalue weighted by Gasteiger charge is -2.21. The average molecular weight is 499 g/mol. The Morgan fingerprint density at radius 2 is 1.08 bits per heavy atom. The number of hydrogen-bond donors (Lipinski definition) is 0. The van der Waals surface area contributed by atoms with Crippen molar-refractivity contribution >= 4 is 0 Å². The van der Waals surface area contributed by atoms with Crippen LogP contribution in [0.4, 0.5) is 0 Å². The fraction of sp³-hybridized carbons (Fsp3) is 0.812. The fourth-order valence-electron chi connectivity index (χ4n) is 4.43. The highest BCUT2D eigenvalue weighted by atomic mass is 15.1. The molecule has 0 saturated carbocycles. The van der Waals surface area contributed by atoms with Crippen molar-refractivity contribution in [3.8, 4) is 6.07 Å². The topological polar surface area (TPSA) is 34.6 Å². The van der Waals surface area contributed by atoms with E-state index >= 15 is 0 Å². The molecule has 0 aromatic rings. The molecule has 0 unspecified atom stereocenters. The van der Waals surface area contributed by atoms with Gasteiger partial charge in [0.15, 0.2) is 0 Å². The van der Waals surface area contributed by atoms with Gasteiger partial charge < -0.3 is 4.85 Å². The predicted octanol–water partition coefficient (Wildman–Crippen LogP) is 8.82. The van der Waals surface area contributed by atoms with Gasteiger partial charge in [-0.3, -0.25) is 9.80 Å². The highest BCUT2D eigenvalue weighted by molar-refractivity contribution is 4.87. The second-order valence-electron chi connectivity index (χ2n) is 10.2. The molecule has 0 atom stereocenters. The SMILES string of the molecule is [C-]#[N+]CCN(CC=CCCCCCCCC)CCCCN(CC=CCCCCCCCC)CCC#N. The molecular weight excluding hydrogens is 440 g/mol. The summed E-state index contributed by atoms with van der Waals surface area (Å²) in [6.45, 7) is 18.0. The van der Waals surface area contributed by atoms with Crippen LogP contribution in [0.5, 0.6) is 0 Å². The van der Waals surface area contributed by atoms with Crippen molar-refractivity contribution in [3.63, 3.8) is 0 Å². The third-order valence-electron chi connectivity index (χ3n) is 6.78. The molecule has 0 amide bonds. The highest BCUT2D eigenvalue weighted by Crippen LogP contribution is 2.09. The first kappa shape index (κ1) is 34.4. The summed E-state index contributed by atoms with van der Waals surface area (Å²) in [5.74, 6) is 0. The van der Waals surface area contributed by atoms with E-state index in [9.17, 15) is 0 Å². The molecule has 0 aliphatic heterocycles. The fourth-order valence-corrected chi connectivity index (χ4v) is 4.43.